The van der Waals surface area contributed by atoms with Crippen molar-refractivity contribution in [2.75, 3.05) is 13.1 Å². The Bertz CT molecular complexity index is 679. The molecule has 1 fully saturated rings. The standard InChI is InChI=1S/C18H21N3O2/c19-11-10-16-13-17(20-23-16)18(22)21-12-4-7-15(21)9-8-14-5-2-1-3-6-14/h1-3,5-6,8-9,13,15H,4,7,10-12,19H2/b9-8+. The molecular weight excluding hydrogens is 290 g/mol. The summed E-state index contributed by atoms with van der Waals surface area (Å²) in [6.07, 6.45) is 6.74. The number of carbonyl (C=O) groups is 1. The molecule has 1 amide bonds. The highest BCUT2D eigenvalue weighted by molar-refractivity contribution is 5.92. The number of rotatable bonds is 5. The lowest BCUT2D eigenvalue weighted by molar-refractivity contribution is 0.0751. The van der Waals surface area contributed by atoms with Crippen LogP contribution in [0.4, 0.5) is 0 Å². The molecule has 1 aromatic carbocycles. The van der Waals surface area contributed by atoms with Crippen molar-refractivity contribution in [3.63, 3.8) is 0 Å². The van der Waals surface area contributed by atoms with Crippen molar-refractivity contribution in [1.29, 1.82) is 0 Å². The minimum atomic E-state index is -0.0720. The van der Waals surface area contributed by atoms with Gasteiger partial charge in [-0.2, -0.15) is 0 Å². The van der Waals surface area contributed by atoms with Gasteiger partial charge in [-0.15, -0.1) is 0 Å². The van der Waals surface area contributed by atoms with Gasteiger partial charge in [-0.1, -0.05) is 47.6 Å². The number of hydrogen-bond donors (Lipinski definition) is 1. The molecule has 2 aromatic rings. The molecule has 0 bridgehead atoms. The van der Waals surface area contributed by atoms with E-state index in [-0.39, 0.29) is 11.9 Å². The number of nitrogens with two attached hydrogens (primary N) is 1. The summed E-state index contributed by atoms with van der Waals surface area (Å²) in [6, 6.07) is 11.9. The van der Waals surface area contributed by atoms with Crippen LogP contribution in [-0.4, -0.2) is 35.1 Å². The van der Waals surface area contributed by atoms with Crippen molar-refractivity contribution >= 4 is 12.0 Å². The number of hydrogen-bond acceptors (Lipinski definition) is 4. The van der Waals surface area contributed by atoms with E-state index in [2.05, 4.69) is 17.3 Å². The smallest absolute Gasteiger partial charge is 0.276 e. The average Bonchev–Trinajstić information content (AvgIpc) is 3.23. The molecule has 1 atom stereocenters. The molecule has 3 rings (SSSR count). The summed E-state index contributed by atoms with van der Waals surface area (Å²) in [4.78, 5) is 14.5. The first-order valence-electron chi connectivity index (χ1n) is 7.98. The highest BCUT2D eigenvalue weighted by Crippen LogP contribution is 2.22. The SMILES string of the molecule is NCCc1cc(C(=O)N2CCCC2/C=C/c2ccccc2)no1. The van der Waals surface area contributed by atoms with Gasteiger partial charge in [0.15, 0.2) is 5.69 Å². The number of nitrogens with zero attached hydrogens (tertiary/aromatic N) is 2. The van der Waals surface area contributed by atoms with Crippen LogP contribution in [0.2, 0.25) is 0 Å². The predicted octanol–water partition coefficient (Wildman–Crippen LogP) is 2.49. The second-order valence-corrected chi connectivity index (χ2v) is 5.70. The Balaban J connectivity index is 1.70. The summed E-state index contributed by atoms with van der Waals surface area (Å²) >= 11 is 0. The van der Waals surface area contributed by atoms with E-state index in [0.29, 0.717) is 24.4 Å². The lowest BCUT2D eigenvalue weighted by atomic mass is 10.1. The minimum Gasteiger partial charge on any atom is -0.361 e. The fraction of sp³-hybridized carbons (Fsp3) is 0.333. The Morgan fingerprint density at radius 1 is 1.39 bits per heavy atom. The lowest BCUT2D eigenvalue weighted by Crippen LogP contribution is -2.34. The molecule has 5 nitrogen and oxygen atoms in total. The van der Waals surface area contributed by atoms with Crippen molar-refractivity contribution < 1.29 is 9.32 Å². The van der Waals surface area contributed by atoms with Gasteiger partial charge < -0.3 is 15.2 Å². The van der Waals surface area contributed by atoms with Crippen LogP contribution in [0.5, 0.6) is 0 Å². The average molecular weight is 311 g/mol. The molecule has 1 aliphatic rings. The Morgan fingerprint density at radius 3 is 3.00 bits per heavy atom. The van der Waals surface area contributed by atoms with Gasteiger partial charge >= 0.3 is 0 Å². The van der Waals surface area contributed by atoms with E-state index in [1.54, 1.807) is 6.07 Å². The molecule has 0 saturated carbocycles. The van der Waals surface area contributed by atoms with Crippen LogP contribution < -0.4 is 5.73 Å². The maximum atomic E-state index is 12.6. The summed E-state index contributed by atoms with van der Waals surface area (Å²) in [5, 5.41) is 3.89. The van der Waals surface area contributed by atoms with Crippen molar-refractivity contribution in [2.45, 2.75) is 25.3 Å². The molecule has 0 radical (unpaired) electrons. The molecular formula is C18H21N3O2. The first-order chi connectivity index (χ1) is 11.3. The summed E-state index contributed by atoms with van der Waals surface area (Å²) in [7, 11) is 0. The fourth-order valence-electron chi connectivity index (χ4n) is 2.85. The van der Waals surface area contributed by atoms with E-state index >= 15 is 0 Å². The first-order valence-corrected chi connectivity index (χ1v) is 7.98. The first kappa shape index (κ1) is 15.5. The maximum Gasteiger partial charge on any atom is 0.276 e. The molecule has 1 saturated heterocycles. The van der Waals surface area contributed by atoms with Gasteiger partial charge in [0.1, 0.15) is 5.76 Å². The van der Waals surface area contributed by atoms with Gasteiger partial charge in [-0.25, -0.2) is 0 Å². The molecule has 0 spiro atoms. The summed E-state index contributed by atoms with van der Waals surface area (Å²) < 4.78 is 5.15. The van der Waals surface area contributed by atoms with Gasteiger partial charge in [0, 0.05) is 19.0 Å². The molecule has 120 valence electrons. The second-order valence-electron chi connectivity index (χ2n) is 5.70. The molecule has 2 N–H and O–H groups in total. The Labute approximate surface area is 135 Å². The minimum absolute atomic E-state index is 0.0720. The Kier molecular flexibility index (Phi) is 4.88. The highest BCUT2D eigenvalue weighted by atomic mass is 16.5. The number of likely N-dealkylation sites (tertiary alicyclic amines) is 1. The largest absolute Gasteiger partial charge is 0.361 e. The normalized spacial score (nSPS) is 18.0. The summed E-state index contributed by atoms with van der Waals surface area (Å²) in [5.41, 5.74) is 7.00. The number of benzene rings is 1. The van der Waals surface area contributed by atoms with E-state index in [1.807, 2.05) is 35.2 Å². The van der Waals surface area contributed by atoms with Crippen molar-refractivity contribution in [3.05, 3.63) is 59.5 Å². The zero-order chi connectivity index (χ0) is 16.1. The second kappa shape index (κ2) is 7.24. The van der Waals surface area contributed by atoms with E-state index in [1.165, 1.54) is 0 Å². The summed E-state index contributed by atoms with van der Waals surface area (Å²) in [5.74, 6) is 0.587. The Hall–Kier alpha value is -2.40. The van der Waals surface area contributed by atoms with Crippen LogP contribution in [0.1, 0.15) is 34.7 Å². The van der Waals surface area contributed by atoms with E-state index < -0.39 is 0 Å². The molecule has 1 unspecified atom stereocenters. The zero-order valence-corrected chi connectivity index (χ0v) is 13.0. The molecule has 5 heteroatoms. The van der Waals surface area contributed by atoms with Gasteiger partial charge in [-0.3, -0.25) is 4.79 Å². The van der Waals surface area contributed by atoms with E-state index in [0.717, 1.165) is 24.9 Å². The highest BCUT2D eigenvalue weighted by Gasteiger charge is 2.29. The molecule has 1 aromatic heterocycles. The van der Waals surface area contributed by atoms with Crippen molar-refractivity contribution in [1.82, 2.24) is 10.1 Å². The predicted molar refractivity (Wildman–Crippen MR) is 88.8 cm³/mol. The number of amides is 1. The number of carbonyl (C=O) groups excluding carboxylic acids is 1. The van der Waals surface area contributed by atoms with E-state index in [4.69, 9.17) is 10.3 Å². The van der Waals surface area contributed by atoms with Crippen LogP contribution in [0.3, 0.4) is 0 Å². The molecule has 0 aliphatic carbocycles. The van der Waals surface area contributed by atoms with Crippen LogP contribution in [-0.2, 0) is 6.42 Å². The Morgan fingerprint density at radius 2 is 2.22 bits per heavy atom. The molecule has 1 aliphatic heterocycles. The monoisotopic (exact) mass is 311 g/mol. The summed E-state index contributed by atoms with van der Waals surface area (Å²) in [6.45, 7) is 1.23. The van der Waals surface area contributed by atoms with Crippen LogP contribution >= 0.6 is 0 Å². The zero-order valence-electron chi connectivity index (χ0n) is 13.0. The topological polar surface area (TPSA) is 72.4 Å². The van der Waals surface area contributed by atoms with Gasteiger partial charge in [0.25, 0.3) is 5.91 Å². The van der Waals surface area contributed by atoms with Crippen LogP contribution in [0.15, 0.2) is 47.0 Å². The molecule has 2 heterocycles. The van der Waals surface area contributed by atoms with Crippen LogP contribution in [0.25, 0.3) is 6.08 Å². The van der Waals surface area contributed by atoms with Crippen molar-refractivity contribution in [3.8, 4) is 0 Å². The third-order valence-corrected chi connectivity index (χ3v) is 4.04. The van der Waals surface area contributed by atoms with Crippen LogP contribution in [0, 0.1) is 0 Å². The molecule has 23 heavy (non-hydrogen) atoms. The quantitative estimate of drug-likeness (QED) is 0.921. The van der Waals surface area contributed by atoms with Gasteiger partial charge in [-0.05, 0) is 24.9 Å². The third-order valence-electron chi connectivity index (χ3n) is 4.04. The number of aromatic nitrogens is 1. The third kappa shape index (κ3) is 3.68. The maximum absolute atomic E-state index is 12.6. The van der Waals surface area contributed by atoms with Gasteiger partial charge in [0.2, 0.25) is 0 Å². The van der Waals surface area contributed by atoms with Crippen molar-refractivity contribution in [2.24, 2.45) is 5.73 Å². The fourth-order valence-corrected chi connectivity index (χ4v) is 2.85. The lowest BCUT2D eigenvalue weighted by Gasteiger charge is -2.20. The van der Waals surface area contributed by atoms with E-state index in [9.17, 15) is 4.79 Å². The van der Waals surface area contributed by atoms with Gasteiger partial charge in [0.05, 0.1) is 6.04 Å².